The third kappa shape index (κ3) is 3.72. The summed E-state index contributed by atoms with van der Waals surface area (Å²) in [5, 5.41) is 1.16. The van der Waals surface area contributed by atoms with Gasteiger partial charge >= 0.3 is 0 Å². The van der Waals surface area contributed by atoms with Crippen molar-refractivity contribution in [2.24, 2.45) is 5.92 Å². The lowest BCUT2D eigenvalue weighted by Crippen LogP contribution is -2.42. The molecule has 2 aliphatic rings. The van der Waals surface area contributed by atoms with Crippen LogP contribution in [0.5, 0.6) is 0 Å². The number of likely N-dealkylation sites (tertiary alicyclic amines) is 1. The maximum atomic E-state index is 5.80. The lowest BCUT2D eigenvalue weighted by molar-refractivity contribution is -0.0118. The van der Waals surface area contributed by atoms with E-state index in [-0.39, 0.29) is 0 Å². The van der Waals surface area contributed by atoms with Crippen LogP contribution in [0.2, 0.25) is 0 Å². The number of alkyl halides is 1. The van der Waals surface area contributed by atoms with E-state index < -0.39 is 0 Å². The van der Waals surface area contributed by atoms with Crippen molar-refractivity contribution in [1.29, 1.82) is 0 Å². The zero-order valence-corrected chi connectivity index (χ0v) is 11.0. The molecule has 2 aliphatic heterocycles. The van der Waals surface area contributed by atoms with Crippen molar-refractivity contribution in [2.45, 2.75) is 38.2 Å². The Bertz CT molecular complexity index is 182. The second kappa shape index (κ2) is 6.21. The van der Waals surface area contributed by atoms with Crippen molar-refractivity contribution in [3.05, 3.63) is 0 Å². The zero-order valence-electron chi connectivity index (χ0n) is 9.46. The predicted molar refractivity (Wildman–Crippen MR) is 66.5 cm³/mol. The first-order valence-corrected chi connectivity index (χ1v) is 7.40. The molecule has 88 valence electrons. The molecule has 2 heterocycles. The fourth-order valence-electron chi connectivity index (χ4n) is 2.68. The van der Waals surface area contributed by atoms with E-state index in [9.17, 15) is 0 Å². The summed E-state index contributed by atoms with van der Waals surface area (Å²) in [6, 6.07) is 0. The Morgan fingerprint density at radius 3 is 2.87 bits per heavy atom. The summed E-state index contributed by atoms with van der Waals surface area (Å²) in [6.45, 7) is 4.71. The molecule has 15 heavy (non-hydrogen) atoms. The summed E-state index contributed by atoms with van der Waals surface area (Å²) in [7, 11) is 0. The number of hydrogen-bond acceptors (Lipinski definition) is 2. The third-order valence-electron chi connectivity index (χ3n) is 3.56. The van der Waals surface area contributed by atoms with Crippen LogP contribution in [0.3, 0.4) is 0 Å². The monoisotopic (exact) mass is 275 g/mol. The van der Waals surface area contributed by atoms with Gasteiger partial charge in [-0.15, -0.1) is 0 Å². The van der Waals surface area contributed by atoms with Gasteiger partial charge in [-0.3, -0.25) is 0 Å². The minimum absolute atomic E-state index is 0.521. The number of piperidine rings is 1. The van der Waals surface area contributed by atoms with Crippen molar-refractivity contribution >= 4 is 15.9 Å². The highest BCUT2D eigenvalue weighted by molar-refractivity contribution is 9.09. The minimum Gasteiger partial charge on any atom is -0.377 e. The topological polar surface area (TPSA) is 12.5 Å². The molecule has 2 rings (SSSR count). The maximum Gasteiger partial charge on any atom is 0.0702 e. The van der Waals surface area contributed by atoms with E-state index in [1.165, 1.54) is 51.7 Å². The first-order valence-electron chi connectivity index (χ1n) is 6.28. The van der Waals surface area contributed by atoms with Crippen LogP contribution in [-0.2, 0) is 4.74 Å². The predicted octanol–water partition coefficient (Wildman–Crippen LogP) is 2.66. The molecule has 0 bridgehead atoms. The van der Waals surface area contributed by atoms with E-state index in [1.807, 2.05) is 0 Å². The van der Waals surface area contributed by atoms with E-state index in [4.69, 9.17) is 4.74 Å². The lowest BCUT2D eigenvalue weighted by Gasteiger charge is -2.35. The molecule has 0 aromatic rings. The Morgan fingerprint density at radius 2 is 2.13 bits per heavy atom. The minimum atomic E-state index is 0.521. The van der Waals surface area contributed by atoms with Gasteiger partial charge in [-0.2, -0.15) is 0 Å². The van der Waals surface area contributed by atoms with Gasteiger partial charge in [0.25, 0.3) is 0 Å². The molecule has 0 aromatic carbocycles. The van der Waals surface area contributed by atoms with E-state index in [0.29, 0.717) is 6.10 Å². The Morgan fingerprint density at radius 1 is 1.20 bits per heavy atom. The Labute approximate surface area is 101 Å². The smallest absolute Gasteiger partial charge is 0.0702 e. The molecule has 0 aliphatic carbocycles. The van der Waals surface area contributed by atoms with Gasteiger partial charge in [-0.1, -0.05) is 15.9 Å². The van der Waals surface area contributed by atoms with E-state index in [2.05, 4.69) is 20.8 Å². The highest BCUT2D eigenvalue weighted by Gasteiger charge is 2.22. The molecular weight excluding hydrogens is 254 g/mol. The van der Waals surface area contributed by atoms with Crippen molar-refractivity contribution in [1.82, 2.24) is 4.90 Å². The van der Waals surface area contributed by atoms with Gasteiger partial charge < -0.3 is 9.64 Å². The van der Waals surface area contributed by atoms with Crippen LogP contribution < -0.4 is 0 Å². The molecule has 0 radical (unpaired) electrons. The van der Waals surface area contributed by atoms with Crippen LogP contribution in [0.15, 0.2) is 0 Å². The van der Waals surface area contributed by atoms with Crippen molar-refractivity contribution < 1.29 is 4.74 Å². The average Bonchev–Trinajstić information content (AvgIpc) is 2.31. The molecule has 2 fully saturated rings. The fraction of sp³-hybridized carbons (Fsp3) is 1.00. The lowest BCUT2D eigenvalue weighted by atomic mass is 9.99. The summed E-state index contributed by atoms with van der Waals surface area (Å²) in [5.41, 5.74) is 0. The highest BCUT2D eigenvalue weighted by Crippen LogP contribution is 2.20. The van der Waals surface area contributed by atoms with Crippen LogP contribution in [0.1, 0.15) is 32.1 Å². The Kier molecular flexibility index (Phi) is 4.92. The summed E-state index contributed by atoms with van der Waals surface area (Å²) in [4.78, 5) is 2.60. The fourth-order valence-corrected chi connectivity index (χ4v) is 3.21. The standard InChI is InChI=1S/C12H22BrNO/c13-8-11-4-3-6-14(9-11)10-12-5-1-2-7-15-12/h11-12H,1-10H2. The molecule has 2 saturated heterocycles. The SMILES string of the molecule is BrCC1CCCN(CC2CCCCO2)C1. The van der Waals surface area contributed by atoms with Crippen LogP contribution in [0.25, 0.3) is 0 Å². The molecule has 0 N–H and O–H groups in total. The number of halogens is 1. The normalized spacial score (nSPS) is 34.2. The van der Waals surface area contributed by atoms with Gasteiger partial charge in [0, 0.05) is 25.0 Å². The summed E-state index contributed by atoms with van der Waals surface area (Å²) < 4.78 is 5.80. The quantitative estimate of drug-likeness (QED) is 0.735. The van der Waals surface area contributed by atoms with Crippen LogP contribution in [0, 0.1) is 5.92 Å². The molecule has 0 spiro atoms. The molecule has 2 unspecified atom stereocenters. The second-order valence-electron chi connectivity index (χ2n) is 4.91. The first kappa shape index (κ1) is 11.9. The first-order chi connectivity index (χ1) is 7.38. The molecular formula is C12H22BrNO. The average molecular weight is 276 g/mol. The van der Waals surface area contributed by atoms with Gasteiger partial charge in [0.15, 0.2) is 0 Å². The number of hydrogen-bond donors (Lipinski definition) is 0. The van der Waals surface area contributed by atoms with Gasteiger partial charge in [0.2, 0.25) is 0 Å². The van der Waals surface area contributed by atoms with Gasteiger partial charge in [0.05, 0.1) is 6.10 Å². The molecule has 0 saturated carbocycles. The van der Waals surface area contributed by atoms with Gasteiger partial charge in [-0.25, -0.2) is 0 Å². The third-order valence-corrected chi connectivity index (χ3v) is 4.47. The van der Waals surface area contributed by atoms with Gasteiger partial charge in [0.1, 0.15) is 0 Å². The largest absolute Gasteiger partial charge is 0.377 e. The van der Waals surface area contributed by atoms with E-state index in [1.54, 1.807) is 0 Å². The Hall–Kier alpha value is 0.400. The zero-order chi connectivity index (χ0) is 10.5. The maximum absolute atomic E-state index is 5.80. The van der Waals surface area contributed by atoms with Gasteiger partial charge in [-0.05, 0) is 44.6 Å². The molecule has 0 aromatic heterocycles. The van der Waals surface area contributed by atoms with E-state index >= 15 is 0 Å². The van der Waals surface area contributed by atoms with Crippen LogP contribution in [0.4, 0.5) is 0 Å². The molecule has 2 nitrogen and oxygen atoms in total. The summed E-state index contributed by atoms with van der Waals surface area (Å²) in [6.07, 6.45) is 7.18. The molecule has 3 heteroatoms. The molecule has 0 amide bonds. The second-order valence-corrected chi connectivity index (χ2v) is 5.56. The van der Waals surface area contributed by atoms with Crippen molar-refractivity contribution in [3.8, 4) is 0 Å². The number of rotatable bonds is 3. The number of ether oxygens (including phenoxy) is 1. The van der Waals surface area contributed by atoms with Crippen molar-refractivity contribution in [2.75, 3.05) is 31.6 Å². The molecule has 2 atom stereocenters. The van der Waals surface area contributed by atoms with Crippen molar-refractivity contribution in [3.63, 3.8) is 0 Å². The van der Waals surface area contributed by atoms with E-state index in [0.717, 1.165) is 17.9 Å². The van der Waals surface area contributed by atoms with Crippen LogP contribution >= 0.6 is 15.9 Å². The number of nitrogens with zero attached hydrogens (tertiary/aromatic N) is 1. The Balaban J connectivity index is 1.72. The van der Waals surface area contributed by atoms with Crippen LogP contribution in [-0.4, -0.2) is 42.6 Å². The summed E-state index contributed by atoms with van der Waals surface area (Å²) in [5.74, 6) is 0.863. The highest BCUT2D eigenvalue weighted by atomic mass is 79.9. The summed E-state index contributed by atoms with van der Waals surface area (Å²) >= 11 is 3.61.